The number of carbonyl (C=O) groups excluding carboxylic acids is 2. The fourth-order valence-corrected chi connectivity index (χ4v) is 1.78. The van der Waals surface area contributed by atoms with Gasteiger partial charge in [0.15, 0.2) is 0 Å². The summed E-state index contributed by atoms with van der Waals surface area (Å²) in [6, 6.07) is 0.0685. The first-order valence-electron chi connectivity index (χ1n) is 5.69. The zero-order valence-corrected chi connectivity index (χ0v) is 9.96. The van der Waals surface area contributed by atoms with E-state index in [9.17, 15) is 9.59 Å². The predicted molar refractivity (Wildman–Crippen MR) is 60.0 cm³/mol. The fourth-order valence-electron chi connectivity index (χ4n) is 1.78. The van der Waals surface area contributed by atoms with Crippen LogP contribution in [0.15, 0.2) is 10.6 Å². The molecule has 0 aromatic carbocycles. The lowest BCUT2D eigenvalue weighted by molar-refractivity contribution is -0.117. The van der Waals surface area contributed by atoms with Crippen molar-refractivity contribution in [2.45, 2.75) is 13.3 Å². The van der Waals surface area contributed by atoms with E-state index < -0.39 is 5.97 Å². The van der Waals surface area contributed by atoms with Gasteiger partial charge in [-0.3, -0.25) is 9.69 Å². The van der Waals surface area contributed by atoms with Gasteiger partial charge in [-0.1, -0.05) is 0 Å². The highest BCUT2D eigenvalue weighted by Crippen LogP contribution is 2.24. The predicted octanol–water partition coefficient (Wildman–Crippen LogP) is 0.196. The van der Waals surface area contributed by atoms with Gasteiger partial charge in [0.1, 0.15) is 0 Å². The number of hydrogen-bond acceptors (Lipinski definition) is 6. The highest BCUT2D eigenvalue weighted by molar-refractivity contribution is 5.94. The highest BCUT2D eigenvalue weighted by Gasteiger charge is 2.33. The Bertz CT molecular complexity index is 456. The van der Waals surface area contributed by atoms with Crippen LogP contribution in [-0.2, 0) is 9.53 Å². The molecule has 1 atom stereocenters. The van der Waals surface area contributed by atoms with Crippen LogP contribution in [0.2, 0.25) is 0 Å². The van der Waals surface area contributed by atoms with Crippen LogP contribution in [0.4, 0.5) is 6.01 Å². The van der Waals surface area contributed by atoms with Crippen LogP contribution in [0.25, 0.3) is 0 Å². The first-order chi connectivity index (χ1) is 8.65. The van der Waals surface area contributed by atoms with Gasteiger partial charge in [-0.25, -0.2) is 9.78 Å². The van der Waals surface area contributed by atoms with Crippen molar-refractivity contribution in [2.24, 2.45) is 5.92 Å². The third-order valence-electron chi connectivity index (χ3n) is 2.66. The smallest absolute Gasteiger partial charge is 0.376 e. The summed E-state index contributed by atoms with van der Waals surface area (Å²) in [5.74, 6) is -0.935. The van der Waals surface area contributed by atoms with Crippen molar-refractivity contribution in [1.29, 1.82) is 0 Å². The molecule has 1 unspecified atom stereocenters. The van der Waals surface area contributed by atoms with Crippen LogP contribution in [0, 0.1) is 5.92 Å². The molecular weight excluding hydrogens is 240 g/mol. The number of esters is 1. The average Bonchev–Trinajstić information content (AvgIpc) is 2.95. The molecule has 1 aliphatic rings. The molecule has 1 fully saturated rings. The monoisotopic (exact) mass is 254 g/mol. The maximum absolute atomic E-state index is 11.6. The van der Waals surface area contributed by atoms with Gasteiger partial charge in [0.2, 0.25) is 11.7 Å². The van der Waals surface area contributed by atoms with Crippen LogP contribution in [0.1, 0.15) is 23.9 Å². The van der Waals surface area contributed by atoms with Gasteiger partial charge < -0.3 is 14.3 Å². The first-order valence-corrected chi connectivity index (χ1v) is 5.69. The van der Waals surface area contributed by atoms with Crippen molar-refractivity contribution in [2.75, 3.05) is 24.7 Å². The van der Waals surface area contributed by atoms with E-state index >= 15 is 0 Å². The summed E-state index contributed by atoms with van der Waals surface area (Å²) >= 11 is 0. The van der Waals surface area contributed by atoms with E-state index in [1.54, 1.807) is 6.92 Å². The number of carbonyl (C=O) groups is 2. The summed E-state index contributed by atoms with van der Waals surface area (Å²) in [7, 11) is 0. The van der Waals surface area contributed by atoms with Gasteiger partial charge in [0.25, 0.3) is 0 Å². The second-order valence-electron chi connectivity index (χ2n) is 3.98. The normalized spacial score (nSPS) is 19.3. The third-order valence-corrected chi connectivity index (χ3v) is 2.66. The quantitative estimate of drug-likeness (QED) is 0.771. The van der Waals surface area contributed by atoms with Crippen LogP contribution in [0.5, 0.6) is 0 Å². The molecule has 1 aromatic rings. The highest BCUT2D eigenvalue weighted by atomic mass is 16.5. The van der Waals surface area contributed by atoms with E-state index in [0.29, 0.717) is 6.54 Å². The molecule has 1 amide bonds. The topological polar surface area (TPSA) is 92.9 Å². The minimum atomic E-state index is -0.610. The lowest BCUT2D eigenvalue weighted by Crippen LogP contribution is -2.25. The van der Waals surface area contributed by atoms with Gasteiger partial charge in [-0.15, -0.1) is 0 Å². The molecule has 0 saturated carbocycles. The minimum absolute atomic E-state index is 0.0351. The molecule has 98 valence electrons. The molecule has 0 spiro atoms. The minimum Gasteiger partial charge on any atom is -0.460 e. The van der Waals surface area contributed by atoms with E-state index in [1.807, 2.05) is 0 Å². The summed E-state index contributed by atoms with van der Waals surface area (Å²) in [5.41, 5.74) is 0. The standard InChI is InChI=1S/C11H14N2O5/c1-2-17-10(16)8-4-12-11(18-8)13-5-7(6-14)3-9(13)15/h4,7,14H,2-3,5-6H2,1H3. The van der Waals surface area contributed by atoms with Crippen molar-refractivity contribution in [3.63, 3.8) is 0 Å². The van der Waals surface area contributed by atoms with E-state index in [2.05, 4.69) is 4.98 Å². The molecule has 1 aromatic heterocycles. The van der Waals surface area contributed by atoms with Gasteiger partial charge in [0, 0.05) is 25.5 Å². The van der Waals surface area contributed by atoms with Crippen LogP contribution in [-0.4, -0.2) is 41.7 Å². The Hall–Kier alpha value is -1.89. The maximum atomic E-state index is 11.6. The Kier molecular flexibility index (Phi) is 3.61. The molecular formula is C11H14N2O5. The van der Waals surface area contributed by atoms with Crippen LogP contribution in [0.3, 0.4) is 0 Å². The zero-order chi connectivity index (χ0) is 13.1. The number of hydrogen-bond donors (Lipinski definition) is 1. The lowest BCUT2D eigenvalue weighted by Gasteiger charge is -2.10. The number of amides is 1. The lowest BCUT2D eigenvalue weighted by atomic mass is 10.1. The van der Waals surface area contributed by atoms with Gasteiger partial charge in [-0.2, -0.15) is 0 Å². The third kappa shape index (κ3) is 2.35. The van der Waals surface area contributed by atoms with E-state index in [1.165, 1.54) is 11.1 Å². The second-order valence-corrected chi connectivity index (χ2v) is 3.98. The Labute approximate surface area is 103 Å². The fraction of sp³-hybridized carbons (Fsp3) is 0.545. The summed E-state index contributed by atoms with van der Waals surface area (Å²) in [6.07, 6.45) is 1.49. The Morgan fingerprint density at radius 1 is 1.72 bits per heavy atom. The number of aromatic nitrogens is 1. The number of nitrogens with zero attached hydrogens (tertiary/aromatic N) is 2. The first kappa shape index (κ1) is 12.6. The number of oxazole rings is 1. The number of aliphatic hydroxyl groups excluding tert-OH is 1. The van der Waals surface area contributed by atoms with Crippen LogP contribution < -0.4 is 4.90 Å². The molecule has 2 rings (SSSR count). The molecule has 18 heavy (non-hydrogen) atoms. The molecule has 0 aliphatic carbocycles. The van der Waals surface area contributed by atoms with Crippen molar-refractivity contribution in [3.05, 3.63) is 12.0 Å². The largest absolute Gasteiger partial charge is 0.460 e. The second kappa shape index (κ2) is 5.18. The summed E-state index contributed by atoms with van der Waals surface area (Å²) in [5, 5.41) is 9.01. The number of rotatable bonds is 4. The Morgan fingerprint density at radius 3 is 3.11 bits per heavy atom. The molecule has 1 N–H and O–H groups in total. The molecule has 7 heteroatoms. The molecule has 1 saturated heterocycles. The Balaban J connectivity index is 2.11. The molecule has 0 radical (unpaired) electrons. The SMILES string of the molecule is CCOC(=O)c1cnc(N2CC(CO)CC2=O)o1. The van der Waals surface area contributed by atoms with Gasteiger partial charge >= 0.3 is 12.0 Å². The molecule has 1 aliphatic heterocycles. The summed E-state index contributed by atoms with van der Waals surface area (Å²) in [6.45, 7) is 2.21. The number of anilines is 1. The van der Waals surface area contributed by atoms with Gasteiger partial charge in [0.05, 0.1) is 12.8 Å². The van der Waals surface area contributed by atoms with Crippen LogP contribution >= 0.6 is 0 Å². The van der Waals surface area contributed by atoms with Crippen molar-refractivity contribution >= 4 is 17.9 Å². The van der Waals surface area contributed by atoms with Gasteiger partial charge in [-0.05, 0) is 6.92 Å². The zero-order valence-electron chi connectivity index (χ0n) is 9.96. The summed E-state index contributed by atoms with van der Waals surface area (Å²) < 4.78 is 9.94. The Morgan fingerprint density at radius 2 is 2.50 bits per heavy atom. The van der Waals surface area contributed by atoms with E-state index in [-0.39, 0.29) is 43.2 Å². The molecule has 0 bridgehead atoms. The molecule has 7 nitrogen and oxygen atoms in total. The average molecular weight is 254 g/mol. The molecule has 2 heterocycles. The van der Waals surface area contributed by atoms with Crippen molar-refractivity contribution < 1.29 is 23.8 Å². The summed E-state index contributed by atoms with van der Waals surface area (Å²) in [4.78, 5) is 28.2. The number of ether oxygens (including phenoxy) is 1. The number of aliphatic hydroxyl groups is 1. The maximum Gasteiger partial charge on any atom is 0.376 e. The van der Waals surface area contributed by atoms with Crippen molar-refractivity contribution in [1.82, 2.24) is 4.98 Å². The van der Waals surface area contributed by atoms with E-state index in [4.69, 9.17) is 14.3 Å². The van der Waals surface area contributed by atoms with E-state index in [0.717, 1.165) is 0 Å². The van der Waals surface area contributed by atoms with Crippen molar-refractivity contribution in [3.8, 4) is 0 Å².